The van der Waals surface area contributed by atoms with Crippen molar-refractivity contribution < 1.29 is 31.5 Å². The summed E-state index contributed by atoms with van der Waals surface area (Å²) >= 11 is 0. The molecule has 0 saturated carbocycles. The van der Waals surface area contributed by atoms with Crippen LogP contribution in [0.2, 0.25) is 0 Å². The van der Waals surface area contributed by atoms with Crippen LogP contribution < -0.4 is 19.6 Å². The summed E-state index contributed by atoms with van der Waals surface area (Å²) in [5.41, 5.74) is 3.22. The molecule has 33 heavy (non-hydrogen) atoms. The maximum Gasteiger partial charge on any atom is 0.387 e. The van der Waals surface area contributed by atoms with Crippen molar-refractivity contribution in [2.75, 3.05) is 11.8 Å². The molecule has 0 aliphatic carbocycles. The molecule has 0 aliphatic rings. The Morgan fingerprint density at radius 3 is 2.30 bits per heavy atom. The number of anilines is 1. The molecule has 0 heterocycles. The number of ether oxygens (including phenoxy) is 2. The van der Waals surface area contributed by atoms with Gasteiger partial charge in [0.1, 0.15) is 11.5 Å². The third-order valence-electron chi connectivity index (χ3n) is 4.23. The number of rotatable bonds is 9. The summed E-state index contributed by atoms with van der Waals surface area (Å²) in [6.07, 6.45) is 1.30. The maximum absolute atomic E-state index is 12.7. The van der Waals surface area contributed by atoms with Crippen molar-refractivity contribution in [3.05, 3.63) is 83.9 Å². The largest absolute Gasteiger partial charge is 0.497 e. The number of methoxy groups -OCH3 is 1. The zero-order chi connectivity index (χ0) is 23.8. The fraction of sp³-hybridized carbons (Fsp3) is 0.0909. The summed E-state index contributed by atoms with van der Waals surface area (Å²) in [6.45, 7) is -2.92. The lowest BCUT2D eigenvalue weighted by molar-refractivity contribution is -0.0498. The Hall–Kier alpha value is -3.99. The Morgan fingerprint density at radius 2 is 1.67 bits per heavy atom. The van der Waals surface area contributed by atoms with Gasteiger partial charge in [-0.1, -0.05) is 6.07 Å². The number of amides is 1. The van der Waals surface area contributed by atoms with Crippen molar-refractivity contribution in [2.45, 2.75) is 11.5 Å². The first-order chi connectivity index (χ1) is 15.8. The van der Waals surface area contributed by atoms with Crippen molar-refractivity contribution in [3.8, 4) is 11.5 Å². The van der Waals surface area contributed by atoms with Crippen molar-refractivity contribution in [1.82, 2.24) is 5.43 Å². The molecule has 0 atom stereocenters. The second kappa shape index (κ2) is 10.6. The molecular formula is C22H19F2N3O5S. The van der Waals surface area contributed by atoms with Crippen LogP contribution >= 0.6 is 0 Å². The van der Waals surface area contributed by atoms with Gasteiger partial charge in [0.05, 0.1) is 18.2 Å². The first-order valence-corrected chi connectivity index (χ1v) is 10.9. The van der Waals surface area contributed by atoms with Gasteiger partial charge in [0.25, 0.3) is 15.9 Å². The third kappa shape index (κ3) is 6.74. The van der Waals surface area contributed by atoms with Crippen LogP contribution in [-0.2, 0) is 10.0 Å². The van der Waals surface area contributed by atoms with E-state index in [0.29, 0.717) is 17.0 Å². The van der Waals surface area contributed by atoms with Crippen LogP contribution in [0.3, 0.4) is 0 Å². The Morgan fingerprint density at radius 1 is 1.00 bits per heavy atom. The molecule has 2 N–H and O–H groups in total. The summed E-state index contributed by atoms with van der Waals surface area (Å²) in [5, 5.41) is 3.79. The van der Waals surface area contributed by atoms with Crippen molar-refractivity contribution in [1.29, 1.82) is 0 Å². The van der Waals surface area contributed by atoms with Gasteiger partial charge in [0, 0.05) is 11.3 Å². The van der Waals surface area contributed by atoms with E-state index < -0.39 is 22.5 Å². The number of benzene rings is 3. The van der Waals surface area contributed by atoms with E-state index in [0.717, 1.165) is 0 Å². The summed E-state index contributed by atoms with van der Waals surface area (Å²) in [6, 6.07) is 17.4. The molecule has 3 aromatic carbocycles. The van der Waals surface area contributed by atoms with E-state index in [9.17, 15) is 22.0 Å². The maximum atomic E-state index is 12.7. The third-order valence-corrected chi connectivity index (χ3v) is 5.61. The lowest BCUT2D eigenvalue weighted by Crippen LogP contribution is -2.19. The second-order valence-corrected chi connectivity index (χ2v) is 8.19. The Bertz CT molecular complexity index is 1230. The zero-order valence-corrected chi connectivity index (χ0v) is 18.1. The van der Waals surface area contributed by atoms with Gasteiger partial charge < -0.3 is 9.47 Å². The van der Waals surface area contributed by atoms with Gasteiger partial charge in [-0.3, -0.25) is 9.52 Å². The van der Waals surface area contributed by atoms with Gasteiger partial charge in [-0.05, 0) is 72.3 Å². The Balaban J connectivity index is 1.65. The highest BCUT2D eigenvalue weighted by Gasteiger charge is 2.16. The lowest BCUT2D eigenvalue weighted by atomic mass is 10.2. The molecule has 0 unspecified atom stereocenters. The molecular weight excluding hydrogens is 456 g/mol. The van der Waals surface area contributed by atoms with E-state index in [1.807, 2.05) is 0 Å². The Kier molecular flexibility index (Phi) is 7.57. The highest BCUT2D eigenvalue weighted by atomic mass is 32.2. The minimum Gasteiger partial charge on any atom is -0.497 e. The number of carbonyl (C=O) groups excluding carboxylic acids is 1. The molecule has 0 fully saturated rings. The number of nitrogens with one attached hydrogen (secondary N) is 2. The first-order valence-electron chi connectivity index (χ1n) is 9.42. The number of halogens is 2. The number of alkyl halides is 2. The van der Waals surface area contributed by atoms with Crippen LogP contribution in [0.25, 0.3) is 0 Å². The molecule has 1 amide bonds. The van der Waals surface area contributed by atoms with Gasteiger partial charge in [-0.15, -0.1) is 0 Å². The van der Waals surface area contributed by atoms with E-state index in [4.69, 9.17) is 4.74 Å². The molecule has 0 bridgehead atoms. The highest BCUT2D eigenvalue weighted by molar-refractivity contribution is 7.92. The average Bonchev–Trinajstić information content (AvgIpc) is 2.80. The molecule has 3 rings (SSSR count). The summed E-state index contributed by atoms with van der Waals surface area (Å²) < 4.78 is 61.4. The lowest BCUT2D eigenvalue weighted by Gasteiger charge is -2.10. The van der Waals surface area contributed by atoms with Crippen LogP contribution in [0.4, 0.5) is 14.5 Å². The smallest absolute Gasteiger partial charge is 0.387 e. The molecule has 0 radical (unpaired) electrons. The molecule has 8 nitrogen and oxygen atoms in total. The fourth-order valence-corrected chi connectivity index (χ4v) is 3.75. The minimum absolute atomic E-state index is 0.00698. The summed E-state index contributed by atoms with van der Waals surface area (Å²) in [5.74, 6) is -0.0625. The van der Waals surface area contributed by atoms with Crippen molar-refractivity contribution >= 4 is 27.8 Å². The van der Waals surface area contributed by atoms with Gasteiger partial charge in [0.2, 0.25) is 0 Å². The summed E-state index contributed by atoms with van der Waals surface area (Å²) in [4.78, 5) is 12.3. The number of sulfonamides is 1. The quantitative estimate of drug-likeness (QED) is 0.361. The molecule has 0 saturated heterocycles. The van der Waals surface area contributed by atoms with Crippen LogP contribution in [0.1, 0.15) is 15.9 Å². The molecule has 11 heteroatoms. The van der Waals surface area contributed by atoms with Gasteiger partial charge in [0.15, 0.2) is 0 Å². The molecule has 0 aliphatic heterocycles. The zero-order valence-electron chi connectivity index (χ0n) is 17.2. The first kappa shape index (κ1) is 23.7. The predicted octanol–water partition coefficient (Wildman–Crippen LogP) is 3.86. The van der Waals surface area contributed by atoms with Gasteiger partial charge >= 0.3 is 6.61 Å². The van der Waals surface area contributed by atoms with Crippen LogP contribution in [0.15, 0.2) is 82.8 Å². The molecule has 0 spiro atoms. The fourth-order valence-electron chi connectivity index (χ4n) is 2.64. The second-order valence-electron chi connectivity index (χ2n) is 6.51. The molecule has 3 aromatic rings. The van der Waals surface area contributed by atoms with Crippen molar-refractivity contribution in [3.63, 3.8) is 0 Å². The highest BCUT2D eigenvalue weighted by Crippen LogP contribution is 2.20. The molecule has 0 aromatic heterocycles. The van der Waals surface area contributed by atoms with Crippen LogP contribution in [0, 0.1) is 0 Å². The average molecular weight is 475 g/mol. The van der Waals surface area contributed by atoms with E-state index in [1.54, 1.807) is 24.3 Å². The monoisotopic (exact) mass is 475 g/mol. The standard InChI is InChI=1S/C22H19F2N3O5S/c1-31-18-11-7-17(8-12-18)27-33(29,30)20-4-2-3-16(13-20)21(28)26-25-14-15-5-9-19(10-6-15)32-22(23)24/h2-14,22,27H,1H3,(H,26,28)/b25-14+. The topological polar surface area (TPSA) is 106 Å². The SMILES string of the molecule is COc1ccc(NS(=O)(=O)c2cccc(C(=O)N/N=C/c3ccc(OC(F)F)cc3)c2)cc1. The molecule has 172 valence electrons. The normalized spacial score (nSPS) is 11.4. The number of hydrogen-bond donors (Lipinski definition) is 2. The van der Waals surface area contributed by atoms with Gasteiger partial charge in [-0.25, -0.2) is 13.8 Å². The van der Waals surface area contributed by atoms with Crippen molar-refractivity contribution in [2.24, 2.45) is 5.10 Å². The van der Waals surface area contributed by atoms with Crippen LogP contribution in [-0.4, -0.2) is 34.3 Å². The van der Waals surface area contributed by atoms with E-state index in [2.05, 4.69) is 20.0 Å². The number of hydrazone groups is 1. The van der Waals surface area contributed by atoms with E-state index >= 15 is 0 Å². The Labute approximate surface area is 188 Å². The van der Waals surface area contributed by atoms with Gasteiger partial charge in [-0.2, -0.15) is 13.9 Å². The summed E-state index contributed by atoms with van der Waals surface area (Å²) in [7, 11) is -2.44. The predicted molar refractivity (Wildman–Crippen MR) is 118 cm³/mol. The number of nitrogens with zero attached hydrogens (tertiary/aromatic N) is 1. The minimum atomic E-state index is -3.94. The number of carbonyl (C=O) groups is 1. The van der Waals surface area contributed by atoms with E-state index in [1.165, 1.54) is 61.9 Å². The number of hydrogen-bond acceptors (Lipinski definition) is 6. The van der Waals surface area contributed by atoms with Crippen LogP contribution in [0.5, 0.6) is 11.5 Å². The van der Waals surface area contributed by atoms with E-state index in [-0.39, 0.29) is 16.2 Å².